The van der Waals surface area contributed by atoms with Gasteiger partial charge in [-0.2, -0.15) is 0 Å². The quantitative estimate of drug-likeness (QED) is 0.387. The van der Waals surface area contributed by atoms with Gasteiger partial charge >= 0.3 is 5.97 Å². The summed E-state index contributed by atoms with van der Waals surface area (Å²) in [6, 6.07) is 9.90. The Bertz CT molecular complexity index is 945. The number of anilines is 1. The fourth-order valence-corrected chi connectivity index (χ4v) is 3.14. The second-order valence-electron chi connectivity index (χ2n) is 6.86. The summed E-state index contributed by atoms with van der Waals surface area (Å²) in [5.41, 5.74) is 1.13. The summed E-state index contributed by atoms with van der Waals surface area (Å²) in [7, 11) is 0. The van der Waals surface area contributed by atoms with Gasteiger partial charge in [0.1, 0.15) is 5.82 Å². The normalized spacial score (nSPS) is 13.5. The molecule has 1 fully saturated rings. The van der Waals surface area contributed by atoms with Gasteiger partial charge in [0.25, 0.3) is 11.6 Å². The topological polar surface area (TPSA) is 111 Å². The number of carbonyl (C=O) groups is 2. The molecule has 0 saturated carbocycles. The molecule has 0 bridgehead atoms. The van der Waals surface area contributed by atoms with Gasteiger partial charge in [0.15, 0.2) is 6.61 Å². The first-order chi connectivity index (χ1) is 14.9. The second kappa shape index (κ2) is 10.5. The molecule has 1 amide bonds. The maximum Gasteiger partial charge on any atom is 0.341 e. The van der Waals surface area contributed by atoms with Gasteiger partial charge in [0.05, 0.1) is 29.4 Å². The van der Waals surface area contributed by atoms with Crippen LogP contribution in [0.5, 0.6) is 0 Å². The van der Waals surface area contributed by atoms with Gasteiger partial charge < -0.3 is 19.7 Å². The Balaban J connectivity index is 1.58. The van der Waals surface area contributed by atoms with Crippen LogP contribution in [0.1, 0.15) is 15.9 Å². The third-order valence-corrected chi connectivity index (χ3v) is 4.75. The summed E-state index contributed by atoms with van der Waals surface area (Å²) in [5.74, 6) is -1.66. The number of carbonyl (C=O) groups excluding carboxylic acids is 2. The van der Waals surface area contributed by atoms with E-state index in [2.05, 4.69) is 5.32 Å². The molecule has 1 aliphatic heterocycles. The summed E-state index contributed by atoms with van der Waals surface area (Å²) in [6.45, 7) is 1.78. The number of halogens is 1. The molecular formula is C21H22FN3O6. The summed E-state index contributed by atoms with van der Waals surface area (Å²) in [6.07, 6.45) is 0.492. The Morgan fingerprint density at radius 3 is 2.55 bits per heavy atom. The lowest BCUT2D eigenvalue weighted by atomic mass is 10.1. The van der Waals surface area contributed by atoms with Crippen molar-refractivity contribution < 1.29 is 28.4 Å². The van der Waals surface area contributed by atoms with E-state index in [1.807, 2.05) is 4.90 Å². The van der Waals surface area contributed by atoms with E-state index in [0.717, 1.165) is 11.6 Å². The van der Waals surface area contributed by atoms with Crippen LogP contribution in [0, 0.1) is 15.9 Å². The Morgan fingerprint density at radius 2 is 1.87 bits per heavy atom. The van der Waals surface area contributed by atoms with Crippen LogP contribution in [0.3, 0.4) is 0 Å². The van der Waals surface area contributed by atoms with E-state index in [0.29, 0.717) is 38.4 Å². The molecular weight excluding hydrogens is 409 g/mol. The minimum Gasteiger partial charge on any atom is -0.452 e. The second-order valence-corrected chi connectivity index (χ2v) is 6.86. The van der Waals surface area contributed by atoms with Crippen LogP contribution in [0.15, 0.2) is 42.5 Å². The lowest BCUT2D eigenvalue weighted by Gasteiger charge is -2.30. The highest BCUT2D eigenvalue weighted by molar-refractivity contribution is 5.97. The highest BCUT2D eigenvalue weighted by atomic mass is 19.1. The predicted molar refractivity (Wildman–Crippen MR) is 110 cm³/mol. The number of nitrogens with zero attached hydrogens (tertiary/aromatic N) is 2. The molecule has 9 nitrogen and oxygen atoms in total. The molecule has 1 saturated heterocycles. The van der Waals surface area contributed by atoms with Gasteiger partial charge in [-0.25, -0.2) is 9.18 Å². The van der Waals surface area contributed by atoms with Crippen molar-refractivity contribution in [2.45, 2.75) is 6.42 Å². The zero-order chi connectivity index (χ0) is 22.2. The molecule has 0 spiro atoms. The molecule has 0 unspecified atom stereocenters. The molecule has 31 heavy (non-hydrogen) atoms. The number of hydrogen-bond donors (Lipinski definition) is 1. The predicted octanol–water partition coefficient (Wildman–Crippen LogP) is 2.09. The third kappa shape index (κ3) is 6.22. The van der Waals surface area contributed by atoms with Crippen LogP contribution in [0.2, 0.25) is 0 Å². The van der Waals surface area contributed by atoms with Crippen molar-refractivity contribution in [3.63, 3.8) is 0 Å². The highest BCUT2D eigenvalue weighted by Crippen LogP contribution is 2.27. The molecule has 0 aromatic heterocycles. The maximum atomic E-state index is 12.9. The Morgan fingerprint density at radius 1 is 1.16 bits per heavy atom. The first-order valence-electron chi connectivity index (χ1n) is 9.73. The van der Waals surface area contributed by atoms with Gasteiger partial charge in [-0.1, -0.05) is 12.1 Å². The summed E-state index contributed by atoms with van der Waals surface area (Å²) in [4.78, 5) is 37.0. The van der Waals surface area contributed by atoms with Crippen LogP contribution < -0.4 is 10.2 Å². The monoisotopic (exact) mass is 431 g/mol. The van der Waals surface area contributed by atoms with E-state index >= 15 is 0 Å². The SMILES string of the molecule is O=C(COC(=O)c1cc([N+](=O)[O-])ccc1N1CCOCC1)NCCc1ccc(F)cc1. The fraction of sp³-hybridized carbons (Fsp3) is 0.333. The number of nitro groups is 1. The smallest absolute Gasteiger partial charge is 0.341 e. The van der Waals surface area contributed by atoms with E-state index < -0.39 is 23.4 Å². The van der Waals surface area contributed by atoms with Crippen LogP contribution in [-0.4, -0.2) is 56.3 Å². The average Bonchev–Trinajstić information content (AvgIpc) is 2.79. The van der Waals surface area contributed by atoms with Crippen molar-refractivity contribution in [2.75, 3.05) is 44.4 Å². The zero-order valence-corrected chi connectivity index (χ0v) is 16.7. The maximum absolute atomic E-state index is 12.9. The zero-order valence-electron chi connectivity index (χ0n) is 16.7. The van der Waals surface area contributed by atoms with Crippen LogP contribution in [0.4, 0.5) is 15.8 Å². The van der Waals surface area contributed by atoms with E-state index in [9.17, 15) is 24.1 Å². The minimum atomic E-state index is -0.820. The van der Waals surface area contributed by atoms with Gasteiger partial charge in [0.2, 0.25) is 0 Å². The first kappa shape index (κ1) is 22.2. The third-order valence-electron chi connectivity index (χ3n) is 4.75. The minimum absolute atomic E-state index is 0.0233. The molecule has 0 radical (unpaired) electrons. The standard InChI is InChI=1S/C21H22FN3O6/c22-16-3-1-15(2-4-16)7-8-23-20(26)14-31-21(27)18-13-17(25(28)29)5-6-19(18)24-9-11-30-12-10-24/h1-6,13H,7-12,14H2,(H,23,26). The number of benzene rings is 2. The number of nitrogens with one attached hydrogen (secondary N) is 1. The molecule has 2 aromatic carbocycles. The van der Waals surface area contributed by atoms with Gasteiger partial charge in [0, 0.05) is 31.8 Å². The number of esters is 1. The van der Waals surface area contributed by atoms with Crippen LogP contribution in [-0.2, 0) is 20.7 Å². The molecule has 1 aliphatic rings. The molecule has 0 aliphatic carbocycles. The van der Waals surface area contributed by atoms with Crippen LogP contribution in [0.25, 0.3) is 0 Å². The van der Waals surface area contributed by atoms with Crippen molar-refractivity contribution in [3.05, 3.63) is 69.5 Å². The first-order valence-corrected chi connectivity index (χ1v) is 9.73. The largest absolute Gasteiger partial charge is 0.452 e. The molecule has 10 heteroatoms. The molecule has 1 heterocycles. The van der Waals surface area contributed by atoms with Crippen LogP contribution >= 0.6 is 0 Å². The van der Waals surface area contributed by atoms with Crippen molar-refractivity contribution in [3.8, 4) is 0 Å². The average molecular weight is 431 g/mol. The van der Waals surface area contributed by atoms with Crippen molar-refractivity contribution >= 4 is 23.3 Å². The van der Waals surface area contributed by atoms with E-state index in [-0.39, 0.29) is 23.6 Å². The van der Waals surface area contributed by atoms with E-state index in [4.69, 9.17) is 9.47 Å². The summed E-state index contributed by atoms with van der Waals surface area (Å²) >= 11 is 0. The van der Waals surface area contributed by atoms with Crippen molar-refractivity contribution in [1.82, 2.24) is 5.32 Å². The van der Waals surface area contributed by atoms with Crippen molar-refractivity contribution in [2.24, 2.45) is 0 Å². The summed E-state index contributed by atoms with van der Waals surface area (Å²) < 4.78 is 23.3. The molecule has 2 aromatic rings. The van der Waals surface area contributed by atoms with Gasteiger partial charge in [-0.15, -0.1) is 0 Å². The molecule has 0 atom stereocenters. The fourth-order valence-electron chi connectivity index (χ4n) is 3.14. The Hall–Kier alpha value is -3.53. The lowest BCUT2D eigenvalue weighted by molar-refractivity contribution is -0.384. The highest BCUT2D eigenvalue weighted by Gasteiger charge is 2.23. The summed E-state index contributed by atoms with van der Waals surface area (Å²) in [5, 5.41) is 13.7. The Labute approximate surface area is 177 Å². The van der Waals surface area contributed by atoms with Gasteiger partial charge in [-0.3, -0.25) is 14.9 Å². The number of morpholine rings is 1. The number of rotatable bonds is 8. The Kier molecular flexibility index (Phi) is 7.50. The number of hydrogen-bond acceptors (Lipinski definition) is 7. The van der Waals surface area contributed by atoms with E-state index in [1.165, 1.54) is 24.3 Å². The van der Waals surface area contributed by atoms with Gasteiger partial charge in [-0.05, 0) is 30.2 Å². The number of amides is 1. The van der Waals surface area contributed by atoms with E-state index in [1.54, 1.807) is 12.1 Å². The number of nitro benzene ring substituents is 1. The number of ether oxygens (including phenoxy) is 2. The lowest BCUT2D eigenvalue weighted by Crippen LogP contribution is -2.37. The number of non-ortho nitro benzene ring substituents is 1. The molecule has 164 valence electrons. The molecule has 3 rings (SSSR count). The molecule has 1 N–H and O–H groups in total. The van der Waals surface area contributed by atoms with Crippen molar-refractivity contribution in [1.29, 1.82) is 0 Å².